The predicted octanol–water partition coefficient (Wildman–Crippen LogP) is 0.781. The molecular weight excluding hydrogens is 206 g/mol. The fourth-order valence-corrected chi connectivity index (χ4v) is 2.79. The first kappa shape index (κ1) is 11.7. The van der Waals surface area contributed by atoms with Crippen molar-refractivity contribution < 1.29 is 9.63 Å². The molecular formula is C11H21N3O2. The summed E-state index contributed by atoms with van der Waals surface area (Å²) in [5.74, 6) is 1.75. The van der Waals surface area contributed by atoms with Crippen LogP contribution in [-0.2, 0) is 4.84 Å². The van der Waals surface area contributed by atoms with Crippen molar-refractivity contribution in [3.8, 4) is 0 Å². The Hall–Kier alpha value is -0.810. The van der Waals surface area contributed by atoms with Crippen LogP contribution in [0.15, 0.2) is 0 Å². The zero-order valence-corrected chi connectivity index (χ0v) is 10.2. The Morgan fingerprint density at radius 1 is 1.50 bits per heavy atom. The van der Waals surface area contributed by atoms with E-state index in [0.29, 0.717) is 17.8 Å². The first-order valence-corrected chi connectivity index (χ1v) is 6.00. The number of carbonyl (C=O) groups is 1. The third-order valence-corrected chi connectivity index (χ3v) is 3.46. The van der Waals surface area contributed by atoms with Crippen molar-refractivity contribution in [3.63, 3.8) is 0 Å². The third-order valence-electron chi connectivity index (χ3n) is 3.46. The topological polar surface area (TPSA) is 53.6 Å². The highest BCUT2D eigenvalue weighted by molar-refractivity contribution is 5.68. The fourth-order valence-electron chi connectivity index (χ4n) is 2.79. The van der Waals surface area contributed by atoms with Gasteiger partial charge < -0.3 is 15.5 Å². The summed E-state index contributed by atoms with van der Waals surface area (Å²) in [6, 6.07) is 0. The van der Waals surface area contributed by atoms with Crippen LogP contribution < -0.4 is 10.6 Å². The molecule has 2 aliphatic rings. The van der Waals surface area contributed by atoms with Crippen LogP contribution >= 0.6 is 0 Å². The second kappa shape index (κ2) is 4.59. The Bertz CT molecular complexity index is 270. The monoisotopic (exact) mass is 227 g/mol. The van der Waals surface area contributed by atoms with Crippen LogP contribution in [0.4, 0.5) is 4.79 Å². The van der Waals surface area contributed by atoms with Gasteiger partial charge >= 0.3 is 6.09 Å². The van der Waals surface area contributed by atoms with Gasteiger partial charge in [-0.2, -0.15) is 0 Å². The molecule has 0 saturated carbocycles. The number of carbonyl (C=O) groups excluding carboxylic acids is 1. The summed E-state index contributed by atoms with van der Waals surface area (Å²) < 4.78 is 0. The van der Waals surface area contributed by atoms with Crippen LogP contribution in [0.3, 0.4) is 0 Å². The van der Waals surface area contributed by atoms with Crippen LogP contribution in [0, 0.1) is 17.8 Å². The molecule has 0 spiro atoms. The van der Waals surface area contributed by atoms with E-state index in [2.05, 4.69) is 24.5 Å². The molecule has 2 N–H and O–H groups in total. The van der Waals surface area contributed by atoms with E-state index in [1.54, 1.807) is 5.06 Å². The molecule has 2 heterocycles. The minimum absolute atomic E-state index is 0.0197. The van der Waals surface area contributed by atoms with Gasteiger partial charge in [0.15, 0.2) is 0 Å². The smallest absolute Gasteiger partial charge is 0.349 e. The van der Waals surface area contributed by atoms with Crippen LogP contribution in [-0.4, -0.2) is 37.5 Å². The van der Waals surface area contributed by atoms with Crippen molar-refractivity contribution in [2.24, 2.45) is 17.8 Å². The van der Waals surface area contributed by atoms with Crippen molar-refractivity contribution >= 4 is 6.09 Å². The highest BCUT2D eigenvalue weighted by Crippen LogP contribution is 2.29. The summed E-state index contributed by atoms with van der Waals surface area (Å²) in [5.41, 5.74) is 0. The Labute approximate surface area is 96.5 Å². The molecule has 0 aliphatic carbocycles. The van der Waals surface area contributed by atoms with Gasteiger partial charge in [0.2, 0.25) is 0 Å². The zero-order chi connectivity index (χ0) is 11.7. The quantitative estimate of drug-likeness (QED) is 0.748. The molecule has 0 radical (unpaired) electrons. The number of nitrogens with one attached hydrogen (secondary N) is 2. The average Bonchev–Trinajstić information content (AvgIpc) is 2.72. The lowest BCUT2D eigenvalue weighted by Gasteiger charge is -2.27. The van der Waals surface area contributed by atoms with E-state index < -0.39 is 0 Å². The third kappa shape index (κ3) is 2.30. The molecule has 0 aromatic rings. The van der Waals surface area contributed by atoms with Gasteiger partial charge in [-0.1, -0.05) is 13.8 Å². The molecule has 0 aromatic heterocycles. The lowest BCUT2D eigenvalue weighted by Crippen LogP contribution is -2.43. The Balaban J connectivity index is 1.99. The second-order valence-electron chi connectivity index (χ2n) is 5.23. The van der Waals surface area contributed by atoms with E-state index in [4.69, 9.17) is 4.84 Å². The molecule has 2 saturated heterocycles. The molecule has 2 aliphatic heterocycles. The van der Waals surface area contributed by atoms with Gasteiger partial charge in [0.25, 0.3) is 0 Å². The number of rotatable bonds is 3. The number of amides is 1. The van der Waals surface area contributed by atoms with Crippen LogP contribution in [0.5, 0.6) is 0 Å². The Kier molecular flexibility index (Phi) is 3.35. The van der Waals surface area contributed by atoms with Gasteiger partial charge in [0.1, 0.15) is 6.17 Å². The minimum atomic E-state index is -0.331. The predicted molar refractivity (Wildman–Crippen MR) is 60.5 cm³/mol. The normalized spacial score (nSPS) is 35.5. The van der Waals surface area contributed by atoms with Crippen LogP contribution in [0.2, 0.25) is 0 Å². The van der Waals surface area contributed by atoms with Crippen molar-refractivity contribution in [2.45, 2.75) is 26.4 Å². The number of hydroxylamine groups is 2. The minimum Gasteiger partial charge on any atom is -0.349 e. The number of hydrogen-bond acceptors (Lipinski definition) is 4. The highest BCUT2D eigenvalue weighted by Gasteiger charge is 2.41. The maximum Gasteiger partial charge on any atom is 0.427 e. The van der Waals surface area contributed by atoms with Gasteiger partial charge in [-0.25, -0.2) is 4.79 Å². The van der Waals surface area contributed by atoms with Crippen LogP contribution in [0.1, 0.15) is 20.3 Å². The number of hydrogen-bond donors (Lipinski definition) is 2. The zero-order valence-electron chi connectivity index (χ0n) is 10.2. The van der Waals surface area contributed by atoms with E-state index in [9.17, 15) is 4.79 Å². The summed E-state index contributed by atoms with van der Waals surface area (Å²) in [6.07, 6.45) is 0.881. The molecule has 5 nitrogen and oxygen atoms in total. The summed E-state index contributed by atoms with van der Waals surface area (Å²) in [5, 5.41) is 7.93. The van der Waals surface area contributed by atoms with Gasteiger partial charge in [-0.15, -0.1) is 5.06 Å². The van der Waals surface area contributed by atoms with Gasteiger partial charge in [-0.3, -0.25) is 0 Å². The van der Waals surface area contributed by atoms with Crippen molar-refractivity contribution in [1.82, 2.24) is 15.7 Å². The van der Waals surface area contributed by atoms with E-state index in [1.807, 2.05) is 7.05 Å². The largest absolute Gasteiger partial charge is 0.427 e. The van der Waals surface area contributed by atoms with Crippen molar-refractivity contribution in [3.05, 3.63) is 0 Å². The van der Waals surface area contributed by atoms with Crippen LogP contribution in [0.25, 0.3) is 0 Å². The SMILES string of the molecule is CC(C)C[C@@H]1CNC[C@@H]1C1NC(=O)ON1C. The maximum atomic E-state index is 11.2. The van der Waals surface area contributed by atoms with E-state index >= 15 is 0 Å². The Morgan fingerprint density at radius 2 is 2.25 bits per heavy atom. The summed E-state index contributed by atoms with van der Waals surface area (Å²) in [7, 11) is 1.81. The standard InChI is InChI=1S/C11H21N3O2/c1-7(2)4-8-5-12-6-9(8)10-13-11(15)16-14(10)3/h7-10,12H,4-6H2,1-3H3,(H,13,15)/t8-,9+,10?/m1/s1. The molecule has 2 fully saturated rings. The molecule has 1 amide bonds. The second-order valence-corrected chi connectivity index (χ2v) is 5.23. The first-order chi connectivity index (χ1) is 7.58. The number of nitrogens with zero attached hydrogens (tertiary/aromatic N) is 1. The van der Waals surface area contributed by atoms with Gasteiger partial charge in [0.05, 0.1) is 0 Å². The fraction of sp³-hybridized carbons (Fsp3) is 0.909. The Morgan fingerprint density at radius 3 is 2.81 bits per heavy atom. The van der Waals surface area contributed by atoms with Gasteiger partial charge in [-0.05, 0) is 24.8 Å². The van der Waals surface area contributed by atoms with Crippen molar-refractivity contribution in [2.75, 3.05) is 20.1 Å². The summed E-state index contributed by atoms with van der Waals surface area (Å²) in [6.45, 7) is 6.48. The molecule has 0 aromatic carbocycles. The average molecular weight is 227 g/mol. The molecule has 1 unspecified atom stereocenters. The molecule has 0 bridgehead atoms. The molecule has 2 rings (SSSR count). The van der Waals surface area contributed by atoms with Gasteiger partial charge in [0, 0.05) is 19.5 Å². The van der Waals surface area contributed by atoms with E-state index in [-0.39, 0.29) is 12.3 Å². The molecule has 16 heavy (non-hydrogen) atoms. The maximum absolute atomic E-state index is 11.2. The molecule has 92 valence electrons. The lowest BCUT2D eigenvalue weighted by molar-refractivity contribution is -0.0832. The molecule has 5 heteroatoms. The van der Waals surface area contributed by atoms with E-state index in [0.717, 1.165) is 13.1 Å². The van der Waals surface area contributed by atoms with Crippen molar-refractivity contribution in [1.29, 1.82) is 0 Å². The lowest BCUT2D eigenvalue weighted by atomic mass is 9.86. The summed E-state index contributed by atoms with van der Waals surface area (Å²) in [4.78, 5) is 16.1. The molecule has 3 atom stereocenters. The highest BCUT2D eigenvalue weighted by atomic mass is 16.7. The van der Waals surface area contributed by atoms with E-state index in [1.165, 1.54) is 6.42 Å². The summed E-state index contributed by atoms with van der Waals surface area (Å²) >= 11 is 0. The first-order valence-electron chi connectivity index (χ1n) is 6.00.